The zero-order valence-electron chi connectivity index (χ0n) is 6.03. The molecule has 0 saturated carbocycles. The van der Waals surface area contributed by atoms with Gasteiger partial charge in [0.25, 0.3) is 0 Å². The molecular formula is C8H16N. The smallest absolute Gasteiger partial charge is 0.00670 e. The van der Waals surface area contributed by atoms with Crippen LogP contribution in [0.1, 0.15) is 32.1 Å². The highest BCUT2D eigenvalue weighted by Gasteiger charge is 2.07. The Morgan fingerprint density at radius 3 is 3.00 bits per heavy atom. The van der Waals surface area contributed by atoms with Crippen molar-refractivity contribution in [2.45, 2.75) is 38.1 Å². The average molecular weight is 126 g/mol. The zero-order valence-corrected chi connectivity index (χ0v) is 6.03. The lowest BCUT2D eigenvalue weighted by Gasteiger charge is -2.11. The molecule has 1 radical (unpaired) electrons. The summed E-state index contributed by atoms with van der Waals surface area (Å²) < 4.78 is 0. The highest BCUT2D eigenvalue weighted by Crippen LogP contribution is 2.09. The lowest BCUT2D eigenvalue weighted by molar-refractivity contribution is 0.514. The van der Waals surface area contributed by atoms with Crippen LogP contribution >= 0.6 is 0 Å². The molecule has 1 heteroatoms. The third-order valence-electron chi connectivity index (χ3n) is 2.01. The summed E-state index contributed by atoms with van der Waals surface area (Å²) in [4.78, 5) is 0. The van der Waals surface area contributed by atoms with Gasteiger partial charge in [-0.1, -0.05) is 19.8 Å². The SMILES string of the molecule is [CH2]CC1CCCCCN1. The summed E-state index contributed by atoms with van der Waals surface area (Å²) in [6, 6.07) is 0.715. The van der Waals surface area contributed by atoms with Crippen molar-refractivity contribution in [1.29, 1.82) is 0 Å². The summed E-state index contributed by atoms with van der Waals surface area (Å²) in [6.45, 7) is 5.10. The first kappa shape index (κ1) is 7.07. The molecule has 1 unspecified atom stereocenters. The molecule has 1 fully saturated rings. The standard InChI is InChI=1S/C8H16N/c1-2-8-6-4-3-5-7-9-8/h8-9H,1-7H2. The van der Waals surface area contributed by atoms with Gasteiger partial charge >= 0.3 is 0 Å². The van der Waals surface area contributed by atoms with Gasteiger partial charge in [0.05, 0.1) is 0 Å². The van der Waals surface area contributed by atoms with Crippen LogP contribution in [0, 0.1) is 6.92 Å². The Bertz CT molecular complexity index is 63.0. The minimum atomic E-state index is 0.715. The topological polar surface area (TPSA) is 12.0 Å². The predicted molar refractivity (Wildman–Crippen MR) is 40.2 cm³/mol. The van der Waals surface area contributed by atoms with Crippen molar-refractivity contribution >= 4 is 0 Å². The molecule has 1 aliphatic heterocycles. The normalized spacial score (nSPS) is 29.7. The molecule has 0 aromatic rings. The minimum absolute atomic E-state index is 0.715. The van der Waals surface area contributed by atoms with E-state index in [-0.39, 0.29) is 0 Å². The highest BCUT2D eigenvalue weighted by molar-refractivity contribution is 4.70. The molecule has 0 bridgehead atoms. The first-order valence-electron chi connectivity index (χ1n) is 3.96. The van der Waals surface area contributed by atoms with Gasteiger partial charge < -0.3 is 5.32 Å². The Balaban J connectivity index is 2.18. The molecule has 1 atom stereocenters. The summed E-state index contributed by atoms with van der Waals surface area (Å²) in [5.74, 6) is 0. The Hall–Kier alpha value is -0.0400. The number of nitrogens with one attached hydrogen (secondary N) is 1. The fourth-order valence-corrected chi connectivity index (χ4v) is 1.35. The van der Waals surface area contributed by atoms with Crippen molar-refractivity contribution in [3.05, 3.63) is 6.92 Å². The van der Waals surface area contributed by atoms with Gasteiger partial charge in [-0.25, -0.2) is 0 Å². The summed E-state index contributed by atoms with van der Waals surface area (Å²) in [5.41, 5.74) is 0. The largest absolute Gasteiger partial charge is 0.314 e. The summed E-state index contributed by atoms with van der Waals surface area (Å²) in [6.07, 6.45) is 6.55. The minimum Gasteiger partial charge on any atom is -0.314 e. The first-order chi connectivity index (χ1) is 4.43. The number of rotatable bonds is 1. The maximum absolute atomic E-state index is 3.89. The van der Waals surface area contributed by atoms with Crippen LogP contribution in [0.4, 0.5) is 0 Å². The summed E-state index contributed by atoms with van der Waals surface area (Å²) in [7, 11) is 0. The predicted octanol–water partition coefficient (Wildman–Crippen LogP) is 1.74. The molecule has 0 aromatic heterocycles. The van der Waals surface area contributed by atoms with Crippen LogP contribution in [-0.4, -0.2) is 12.6 Å². The van der Waals surface area contributed by atoms with E-state index in [1.54, 1.807) is 0 Å². The maximum atomic E-state index is 3.89. The monoisotopic (exact) mass is 126 g/mol. The van der Waals surface area contributed by atoms with Gasteiger partial charge in [0.15, 0.2) is 0 Å². The van der Waals surface area contributed by atoms with E-state index in [1.807, 2.05) is 0 Å². The van der Waals surface area contributed by atoms with Crippen LogP contribution in [0.3, 0.4) is 0 Å². The summed E-state index contributed by atoms with van der Waals surface area (Å²) in [5, 5.41) is 3.47. The zero-order chi connectivity index (χ0) is 6.53. The lowest BCUT2D eigenvalue weighted by atomic mass is 10.1. The van der Waals surface area contributed by atoms with Crippen molar-refractivity contribution in [3.63, 3.8) is 0 Å². The molecule has 1 heterocycles. The fourth-order valence-electron chi connectivity index (χ4n) is 1.35. The van der Waals surface area contributed by atoms with E-state index in [2.05, 4.69) is 12.2 Å². The number of hydrogen-bond donors (Lipinski definition) is 1. The third-order valence-corrected chi connectivity index (χ3v) is 2.01. The van der Waals surface area contributed by atoms with E-state index in [0.29, 0.717) is 6.04 Å². The second kappa shape index (κ2) is 3.89. The van der Waals surface area contributed by atoms with E-state index in [9.17, 15) is 0 Å². The Morgan fingerprint density at radius 1 is 1.33 bits per heavy atom. The molecule has 0 amide bonds. The third kappa shape index (κ3) is 2.35. The van der Waals surface area contributed by atoms with Crippen LogP contribution in [0.25, 0.3) is 0 Å². The van der Waals surface area contributed by atoms with Crippen LogP contribution < -0.4 is 5.32 Å². The van der Waals surface area contributed by atoms with Crippen LogP contribution in [0.5, 0.6) is 0 Å². The second-order valence-electron chi connectivity index (χ2n) is 2.79. The van der Waals surface area contributed by atoms with Crippen molar-refractivity contribution in [2.75, 3.05) is 6.54 Å². The van der Waals surface area contributed by atoms with Crippen LogP contribution in [-0.2, 0) is 0 Å². The molecular weight excluding hydrogens is 110 g/mol. The molecule has 0 spiro atoms. The van der Waals surface area contributed by atoms with E-state index in [0.717, 1.165) is 6.42 Å². The van der Waals surface area contributed by atoms with Gasteiger partial charge in [0.2, 0.25) is 0 Å². The highest BCUT2D eigenvalue weighted by atomic mass is 14.9. The van der Waals surface area contributed by atoms with Gasteiger partial charge in [-0.15, -0.1) is 0 Å². The van der Waals surface area contributed by atoms with E-state index >= 15 is 0 Å². The molecule has 0 aliphatic carbocycles. The maximum Gasteiger partial charge on any atom is 0.00670 e. The van der Waals surface area contributed by atoms with Gasteiger partial charge in [-0.05, 0) is 25.8 Å². The van der Waals surface area contributed by atoms with Crippen LogP contribution in [0.2, 0.25) is 0 Å². The Morgan fingerprint density at radius 2 is 2.22 bits per heavy atom. The molecule has 1 N–H and O–H groups in total. The molecule has 1 rings (SSSR count). The van der Waals surface area contributed by atoms with Gasteiger partial charge in [-0.3, -0.25) is 0 Å². The van der Waals surface area contributed by atoms with E-state index < -0.39 is 0 Å². The molecule has 1 nitrogen and oxygen atoms in total. The molecule has 1 aliphatic rings. The van der Waals surface area contributed by atoms with Gasteiger partial charge in [-0.2, -0.15) is 0 Å². The lowest BCUT2D eigenvalue weighted by Crippen LogP contribution is -2.27. The van der Waals surface area contributed by atoms with Crippen molar-refractivity contribution in [1.82, 2.24) is 5.32 Å². The van der Waals surface area contributed by atoms with E-state index in [4.69, 9.17) is 0 Å². The molecule has 1 saturated heterocycles. The molecule has 9 heavy (non-hydrogen) atoms. The Kier molecular flexibility index (Phi) is 3.05. The average Bonchev–Trinajstić information content (AvgIpc) is 2.13. The molecule has 0 aromatic carbocycles. The first-order valence-corrected chi connectivity index (χ1v) is 3.96. The van der Waals surface area contributed by atoms with Crippen molar-refractivity contribution in [3.8, 4) is 0 Å². The quantitative estimate of drug-likeness (QED) is 0.564. The van der Waals surface area contributed by atoms with Gasteiger partial charge in [0.1, 0.15) is 0 Å². The van der Waals surface area contributed by atoms with Crippen molar-refractivity contribution < 1.29 is 0 Å². The van der Waals surface area contributed by atoms with Gasteiger partial charge in [0, 0.05) is 6.04 Å². The molecule has 53 valence electrons. The van der Waals surface area contributed by atoms with Crippen LogP contribution in [0.15, 0.2) is 0 Å². The second-order valence-corrected chi connectivity index (χ2v) is 2.79. The summed E-state index contributed by atoms with van der Waals surface area (Å²) >= 11 is 0. The Labute approximate surface area is 57.8 Å². The van der Waals surface area contributed by atoms with E-state index in [1.165, 1.54) is 32.2 Å². The number of hydrogen-bond acceptors (Lipinski definition) is 1. The van der Waals surface area contributed by atoms with Crippen molar-refractivity contribution in [2.24, 2.45) is 0 Å². The fraction of sp³-hybridized carbons (Fsp3) is 0.875.